The Hall–Kier alpha value is -3.78. The fourth-order valence-electron chi connectivity index (χ4n) is 4.20. The highest BCUT2D eigenvalue weighted by Gasteiger charge is 2.14. The van der Waals surface area contributed by atoms with Crippen LogP contribution in [0.25, 0.3) is 44.4 Å². The molecular formula is C28H20O2. The van der Waals surface area contributed by atoms with E-state index in [4.69, 9.17) is 8.83 Å². The Kier molecular flexibility index (Phi) is 3.95. The molecule has 0 spiro atoms. The molecule has 30 heavy (non-hydrogen) atoms. The molecule has 0 aliphatic heterocycles. The third kappa shape index (κ3) is 2.98. The summed E-state index contributed by atoms with van der Waals surface area (Å²) in [7, 11) is 0. The monoisotopic (exact) mass is 388 g/mol. The van der Waals surface area contributed by atoms with Crippen LogP contribution in [0.15, 0.2) is 106 Å². The second-order valence-corrected chi connectivity index (χ2v) is 7.76. The van der Waals surface area contributed by atoms with Gasteiger partial charge in [-0.15, -0.1) is 0 Å². The number of furan rings is 2. The normalized spacial score (nSPS) is 14.1. The molecule has 0 atom stereocenters. The van der Waals surface area contributed by atoms with Gasteiger partial charge in [-0.05, 0) is 53.8 Å². The largest absolute Gasteiger partial charge is 0.456 e. The van der Waals surface area contributed by atoms with Crippen LogP contribution in [0.2, 0.25) is 0 Å². The number of allylic oxidation sites excluding steroid dienone is 4. The van der Waals surface area contributed by atoms with Gasteiger partial charge in [0.2, 0.25) is 0 Å². The van der Waals surface area contributed by atoms with E-state index < -0.39 is 0 Å². The third-order valence-electron chi connectivity index (χ3n) is 5.86. The minimum absolute atomic E-state index is 0.910. The predicted octanol–water partition coefficient (Wildman–Crippen LogP) is 8.11. The van der Waals surface area contributed by atoms with Crippen LogP contribution in [0.1, 0.15) is 24.2 Å². The highest BCUT2D eigenvalue weighted by Crippen LogP contribution is 2.35. The van der Waals surface area contributed by atoms with Gasteiger partial charge in [0.1, 0.15) is 22.7 Å². The zero-order chi connectivity index (χ0) is 19.9. The van der Waals surface area contributed by atoms with Crippen LogP contribution in [0.5, 0.6) is 0 Å². The Morgan fingerprint density at radius 3 is 1.67 bits per heavy atom. The number of hydrogen-bond donors (Lipinski definition) is 0. The van der Waals surface area contributed by atoms with E-state index in [0.29, 0.717) is 0 Å². The maximum Gasteiger partial charge on any atom is 0.135 e. The van der Waals surface area contributed by atoms with E-state index in [1.165, 1.54) is 16.7 Å². The summed E-state index contributed by atoms with van der Waals surface area (Å²) >= 11 is 0. The van der Waals surface area contributed by atoms with Gasteiger partial charge in [0.05, 0.1) is 0 Å². The zero-order valence-electron chi connectivity index (χ0n) is 16.5. The van der Waals surface area contributed by atoms with Crippen molar-refractivity contribution in [1.29, 1.82) is 0 Å². The quantitative estimate of drug-likeness (QED) is 0.312. The van der Waals surface area contributed by atoms with Crippen molar-refractivity contribution in [1.82, 2.24) is 0 Å². The van der Waals surface area contributed by atoms with E-state index in [9.17, 15) is 0 Å². The Bertz CT molecular complexity index is 1360. The van der Waals surface area contributed by atoms with Gasteiger partial charge in [0.25, 0.3) is 0 Å². The fraction of sp³-hybridized carbons (Fsp3) is 0.0714. The Morgan fingerprint density at radius 1 is 0.500 bits per heavy atom. The van der Waals surface area contributed by atoms with E-state index in [1.807, 2.05) is 36.4 Å². The van der Waals surface area contributed by atoms with Crippen LogP contribution in [-0.4, -0.2) is 0 Å². The molecule has 6 rings (SSSR count). The standard InChI is InChI=1S/C28H20O2/c1-3-7-25-23(5-1)17-27(29-25)21-13-9-19(10-14-21)20-11-15-22(16-12-20)28-18-24-6-2-4-8-26(24)30-28/h1-11,13-15,17-18H,12,16H2. The first-order valence-corrected chi connectivity index (χ1v) is 10.3. The van der Waals surface area contributed by atoms with Crippen molar-refractivity contribution in [2.45, 2.75) is 12.8 Å². The van der Waals surface area contributed by atoms with Crippen molar-refractivity contribution in [2.75, 3.05) is 0 Å². The Labute approximate surface area is 174 Å². The van der Waals surface area contributed by atoms with Gasteiger partial charge in [0.15, 0.2) is 0 Å². The second-order valence-electron chi connectivity index (χ2n) is 7.76. The summed E-state index contributed by atoms with van der Waals surface area (Å²) in [6, 6.07) is 29.2. The van der Waals surface area contributed by atoms with Crippen molar-refractivity contribution in [3.05, 3.63) is 108 Å². The van der Waals surface area contributed by atoms with Gasteiger partial charge >= 0.3 is 0 Å². The molecule has 5 aromatic rings. The first-order chi connectivity index (χ1) is 14.8. The highest BCUT2D eigenvalue weighted by molar-refractivity contribution is 5.85. The molecule has 3 aromatic carbocycles. The molecule has 0 fully saturated rings. The topological polar surface area (TPSA) is 26.3 Å². The molecule has 1 aliphatic carbocycles. The average Bonchev–Trinajstić information content (AvgIpc) is 3.44. The first-order valence-electron chi connectivity index (χ1n) is 10.3. The molecule has 2 nitrogen and oxygen atoms in total. The van der Waals surface area contributed by atoms with E-state index in [2.05, 4.69) is 60.7 Å². The number of hydrogen-bond acceptors (Lipinski definition) is 2. The summed E-state index contributed by atoms with van der Waals surface area (Å²) in [6.45, 7) is 0. The first kappa shape index (κ1) is 17.1. The molecule has 0 bridgehead atoms. The molecule has 0 unspecified atom stereocenters. The summed E-state index contributed by atoms with van der Waals surface area (Å²) in [5, 5.41) is 2.29. The molecular weight excluding hydrogens is 368 g/mol. The van der Waals surface area contributed by atoms with Crippen LogP contribution < -0.4 is 0 Å². The Morgan fingerprint density at radius 2 is 1.03 bits per heavy atom. The summed E-state index contributed by atoms with van der Waals surface area (Å²) < 4.78 is 12.0. The fourth-order valence-corrected chi connectivity index (χ4v) is 4.20. The lowest BCUT2D eigenvalue weighted by molar-refractivity contribution is 0.596. The van der Waals surface area contributed by atoms with Crippen molar-refractivity contribution in [2.24, 2.45) is 0 Å². The van der Waals surface area contributed by atoms with E-state index in [-0.39, 0.29) is 0 Å². The van der Waals surface area contributed by atoms with E-state index >= 15 is 0 Å². The predicted molar refractivity (Wildman–Crippen MR) is 123 cm³/mol. The average molecular weight is 388 g/mol. The lowest BCUT2D eigenvalue weighted by Gasteiger charge is -2.14. The molecule has 144 valence electrons. The molecule has 0 radical (unpaired) electrons. The molecule has 2 heteroatoms. The van der Waals surface area contributed by atoms with Gasteiger partial charge in [0, 0.05) is 16.3 Å². The molecule has 2 heterocycles. The van der Waals surface area contributed by atoms with Gasteiger partial charge in [-0.3, -0.25) is 0 Å². The lowest BCUT2D eigenvalue weighted by Crippen LogP contribution is -1.93. The number of para-hydroxylation sites is 2. The van der Waals surface area contributed by atoms with Gasteiger partial charge < -0.3 is 8.83 Å². The van der Waals surface area contributed by atoms with E-state index in [1.54, 1.807) is 0 Å². The van der Waals surface area contributed by atoms with Gasteiger partial charge in [-0.1, -0.05) is 72.8 Å². The summed E-state index contributed by atoms with van der Waals surface area (Å²) in [5.41, 5.74) is 6.85. The maximum atomic E-state index is 6.03. The van der Waals surface area contributed by atoms with Crippen LogP contribution in [0.4, 0.5) is 0 Å². The smallest absolute Gasteiger partial charge is 0.135 e. The summed E-state index contributed by atoms with van der Waals surface area (Å²) in [4.78, 5) is 0. The molecule has 2 aromatic heterocycles. The molecule has 1 aliphatic rings. The summed E-state index contributed by atoms with van der Waals surface area (Å²) in [5.74, 6) is 1.89. The van der Waals surface area contributed by atoms with Crippen LogP contribution in [0.3, 0.4) is 0 Å². The molecule has 0 amide bonds. The van der Waals surface area contributed by atoms with Crippen molar-refractivity contribution < 1.29 is 8.83 Å². The van der Waals surface area contributed by atoms with Gasteiger partial charge in [-0.2, -0.15) is 0 Å². The lowest BCUT2D eigenvalue weighted by atomic mass is 9.91. The molecule has 0 N–H and O–H groups in total. The Balaban J connectivity index is 1.27. The maximum absolute atomic E-state index is 6.03. The van der Waals surface area contributed by atoms with Crippen LogP contribution in [-0.2, 0) is 0 Å². The van der Waals surface area contributed by atoms with Crippen molar-refractivity contribution in [3.63, 3.8) is 0 Å². The SMILES string of the molecule is C1=C(c2ccc(-c3cc4ccccc4o3)cc2)CCC(c2cc3ccccc3o2)=C1. The van der Waals surface area contributed by atoms with Gasteiger partial charge in [-0.25, -0.2) is 0 Å². The van der Waals surface area contributed by atoms with Crippen LogP contribution in [0, 0.1) is 0 Å². The van der Waals surface area contributed by atoms with Crippen molar-refractivity contribution >= 4 is 33.1 Å². The van der Waals surface area contributed by atoms with Crippen molar-refractivity contribution in [3.8, 4) is 11.3 Å². The highest BCUT2D eigenvalue weighted by atomic mass is 16.3. The van der Waals surface area contributed by atoms with Crippen LogP contribution >= 0.6 is 0 Å². The number of rotatable bonds is 3. The number of fused-ring (bicyclic) bond motifs is 2. The summed E-state index contributed by atoms with van der Waals surface area (Å²) in [6.07, 6.45) is 6.41. The second kappa shape index (κ2) is 6.93. The minimum atomic E-state index is 0.910. The minimum Gasteiger partial charge on any atom is -0.456 e. The molecule has 0 saturated carbocycles. The zero-order valence-corrected chi connectivity index (χ0v) is 16.5. The number of benzene rings is 3. The third-order valence-corrected chi connectivity index (χ3v) is 5.86. The van der Waals surface area contributed by atoms with E-state index in [0.717, 1.165) is 51.9 Å². The molecule has 0 saturated heterocycles.